The van der Waals surface area contributed by atoms with Crippen molar-refractivity contribution >= 4 is 17.6 Å². The van der Waals surface area contributed by atoms with Crippen LogP contribution < -0.4 is 10.1 Å². The number of aromatic nitrogens is 1. The number of rotatable bonds is 4. The number of hydrogen-bond acceptors (Lipinski definition) is 5. The van der Waals surface area contributed by atoms with Crippen LogP contribution in [-0.2, 0) is 4.74 Å². The number of anilines is 1. The summed E-state index contributed by atoms with van der Waals surface area (Å²) < 4.78 is 9.72. The van der Waals surface area contributed by atoms with Crippen molar-refractivity contribution in [3.05, 3.63) is 53.9 Å². The molecule has 0 bridgehead atoms. The zero-order valence-electron chi connectivity index (χ0n) is 11.6. The number of esters is 1. The molecule has 0 unspecified atom stereocenters. The van der Waals surface area contributed by atoms with Crippen molar-refractivity contribution in [2.75, 3.05) is 19.5 Å². The van der Waals surface area contributed by atoms with E-state index >= 15 is 0 Å². The fourth-order valence-electron chi connectivity index (χ4n) is 1.73. The number of benzene rings is 1. The van der Waals surface area contributed by atoms with Crippen LogP contribution >= 0.6 is 0 Å². The minimum atomic E-state index is -0.566. The van der Waals surface area contributed by atoms with Crippen LogP contribution in [0.25, 0.3) is 0 Å². The van der Waals surface area contributed by atoms with E-state index in [0.29, 0.717) is 17.0 Å². The molecule has 1 aromatic carbocycles. The van der Waals surface area contributed by atoms with Gasteiger partial charge in [-0.15, -0.1) is 0 Å². The molecular formula is C15H14N2O4. The fourth-order valence-corrected chi connectivity index (χ4v) is 1.73. The molecule has 21 heavy (non-hydrogen) atoms. The van der Waals surface area contributed by atoms with Crippen LogP contribution in [0, 0.1) is 0 Å². The third-order valence-electron chi connectivity index (χ3n) is 2.81. The summed E-state index contributed by atoms with van der Waals surface area (Å²) >= 11 is 0. The van der Waals surface area contributed by atoms with Gasteiger partial charge in [0, 0.05) is 18.0 Å². The lowest BCUT2D eigenvalue weighted by atomic mass is 10.2. The van der Waals surface area contributed by atoms with Gasteiger partial charge in [-0.2, -0.15) is 0 Å². The molecule has 6 heteroatoms. The second-order valence-electron chi connectivity index (χ2n) is 4.10. The van der Waals surface area contributed by atoms with Crippen molar-refractivity contribution in [1.82, 2.24) is 4.98 Å². The highest BCUT2D eigenvalue weighted by atomic mass is 16.5. The Kier molecular flexibility index (Phi) is 4.50. The first-order valence-electron chi connectivity index (χ1n) is 6.13. The molecule has 6 nitrogen and oxygen atoms in total. The Hall–Kier alpha value is -2.89. The maximum absolute atomic E-state index is 12.2. The Bertz CT molecular complexity index is 670. The topological polar surface area (TPSA) is 77.5 Å². The lowest BCUT2D eigenvalue weighted by Gasteiger charge is -2.09. The number of amides is 1. The average Bonchev–Trinajstić information content (AvgIpc) is 2.54. The summed E-state index contributed by atoms with van der Waals surface area (Å²) in [6.45, 7) is 0. The van der Waals surface area contributed by atoms with Gasteiger partial charge in [0.15, 0.2) is 0 Å². The molecule has 0 saturated carbocycles. The van der Waals surface area contributed by atoms with Gasteiger partial charge in [-0.05, 0) is 24.3 Å². The zero-order valence-corrected chi connectivity index (χ0v) is 11.6. The number of pyridine rings is 1. The van der Waals surface area contributed by atoms with Gasteiger partial charge in [0.25, 0.3) is 5.91 Å². The van der Waals surface area contributed by atoms with Gasteiger partial charge in [0.2, 0.25) is 0 Å². The molecule has 1 amide bonds. The summed E-state index contributed by atoms with van der Waals surface area (Å²) in [6.07, 6.45) is 2.82. The summed E-state index contributed by atoms with van der Waals surface area (Å²) in [4.78, 5) is 27.7. The van der Waals surface area contributed by atoms with Crippen molar-refractivity contribution in [3.63, 3.8) is 0 Å². The van der Waals surface area contributed by atoms with Gasteiger partial charge in [0.05, 0.1) is 19.9 Å². The fraction of sp³-hybridized carbons (Fsp3) is 0.133. The number of hydrogen-bond donors (Lipinski definition) is 1. The van der Waals surface area contributed by atoms with Gasteiger partial charge in [0.1, 0.15) is 11.3 Å². The van der Waals surface area contributed by atoms with Gasteiger partial charge < -0.3 is 14.8 Å². The molecule has 0 aliphatic carbocycles. The van der Waals surface area contributed by atoms with Gasteiger partial charge in [-0.3, -0.25) is 9.78 Å². The molecule has 0 saturated heterocycles. The summed E-state index contributed by atoms with van der Waals surface area (Å²) in [6, 6.07) is 8.24. The predicted molar refractivity (Wildman–Crippen MR) is 76.5 cm³/mol. The second-order valence-corrected chi connectivity index (χ2v) is 4.10. The first kappa shape index (κ1) is 14.5. The number of ether oxygens (including phenoxy) is 2. The monoisotopic (exact) mass is 286 g/mol. The van der Waals surface area contributed by atoms with E-state index in [-0.39, 0.29) is 11.5 Å². The average molecular weight is 286 g/mol. The molecule has 0 spiro atoms. The lowest BCUT2D eigenvalue weighted by molar-refractivity contribution is 0.0601. The lowest BCUT2D eigenvalue weighted by Crippen LogP contribution is -2.15. The molecule has 0 aliphatic heterocycles. The highest BCUT2D eigenvalue weighted by Crippen LogP contribution is 2.18. The third-order valence-corrected chi connectivity index (χ3v) is 2.81. The summed E-state index contributed by atoms with van der Waals surface area (Å²) in [5.74, 6) is -0.347. The molecule has 2 aromatic rings. The summed E-state index contributed by atoms with van der Waals surface area (Å²) in [7, 11) is 2.79. The van der Waals surface area contributed by atoms with E-state index in [2.05, 4.69) is 15.0 Å². The van der Waals surface area contributed by atoms with E-state index in [1.54, 1.807) is 24.3 Å². The highest BCUT2D eigenvalue weighted by Gasteiger charge is 2.15. The Morgan fingerprint density at radius 1 is 1.19 bits per heavy atom. The van der Waals surface area contributed by atoms with E-state index in [1.165, 1.54) is 32.7 Å². The SMILES string of the molecule is COC(=O)c1cnccc1NC(=O)c1cccc(OC)c1. The molecule has 108 valence electrons. The Labute approximate surface area is 121 Å². The van der Waals surface area contributed by atoms with Crippen LogP contribution in [0.15, 0.2) is 42.7 Å². The van der Waals surface area contributed by atoms with E-state index in [9.17, 15) is 9.59 Å². The summed E-state index contributed by atoms with van der Waals surface area (Å²) in [5.41, 5.74) is 0.947. The second kappa shape index (κ2) is 6.51. The minimum absolute atomic E-state index is 0.191. The number of carbonyl (C=O) groups excluding carboxylic acids is 2. The Morgan fingerprint density at radius 2 is 2.00 bits per heavy atom. The molecule has 0 aliphatic rings. The van der Waals surface area contributed by atoms with Gasteiger partial charge >= 0.3 is 5.97 Å². The van der Waals surface area contributed by atoms with Gasteiger partial charge in [-0.1, -0.05) is 6.07 Å². The molecule has 1 aromatic heterocycles. The number of nitrogens with zero attached hydrogens (tertiary/aromatic N) is 1. The first-order valence-corrected chi connectivity index (χ1v) is 6.13. The van der Waals surface area contributed by atoms with Crippen molar-refractivity contribution < 1.29 is 19.1 Å². The normalized spacial score (nSPS) is 9.81. The van der Waals surface area contributed by atoms with E-state index in [4.69, 9.17) is 4.74 Å². The standard InChI is InChI=1S/C15H14N2O4/c1-20-11-5-3-4-10(8-11)14(18)17-13-6-7-16-9-12(13)15(19)21-2/h3-9H,1-2H3,(H,16,17,18). The smallest absolute Gasteiger partial charge is 0.341 e. The van der Waals surface area contributed by atoms with E-state index in [1.807, 2.05) is 0 Å². The molecule has 0 radical (unpaired) electrons. The van der Waals surface area contributed by atoms with Crippen molar-refractivity contribution in [2.45, 2.75) is 0 Å². The maximum atomic E-state index is 12.2. The molecule has 0 atom stereocenters. The van der Waals surface area contributed by atoms with Crippen LogP contribution in [0.5, 0.6) is 5.75 Å². The van der Waals surface area contributed by atoms with Crippen LogP contribution in [0.4, 0.5) is 5.69 Å². The van der Waals surface area contributed by atoms with Crippen LogP contribution in [0.1, 0.15) is 20.7 Å². The Balaban J connectivity index is 2.25. The minimum Gasteiger partial charge on any atom is -0.497 e. The number of nitrogens with one attached hydrogen (secondary N) is 1. The number of carbonyl (C=O) groups is 2. The van der Waals surface area contributed by atoms with Crippen LogP contribution in [0.2, 0.25) is 0 Å². The quantitative estimate of drug-likeness (QED) is 0.871. The largest absolute Gasteiger partial charge is 0.497 e. The van der Waals surface area contributed by atoms with Crippen molar-refractivity contribution in [2.24, 2.45) is 0 Å². The third kappa shape index (κ3) is 3.36. The Morgan fingerprint density at radius 3 is 2.71 bits per heavy atom. The van der Waals surface area contributed by atoms with Crippen molar-refractivity contribution in [3.8, 4) is 5.75 Å². The van der Waals surface area contributed by atoms with E-state index in [0.717, 1.165) is 0 Å². The first-order chi connectivity index (χ1) is 10.2. The molecule has 1 N–H and O–H groups in total. The zero-order chi connectivity index (χ0) is 15.2. The predicted octanol–water partition coefficient (Wildman–Crippen LogP) is 2.13. The summed E-state index contributed by atoms with van der Waals surface area (Å²) in [5, 5.41) is 2.66. The molecule has 2 rings (SSSR count). The van der Waals surface area contributed by atoms with Gasteiger partial charge in [-0.25, -0.2) is 4.79 Å². The molecule has 0 fully saturated rings. The molecule has 1 heterocycles. The van der Waals surface area contributed by atoms with Crippen molar-refractivity contribution in [1.29, 1.82) is 0 Å². The van der Waals surface area contributed by atoms with Crippen LogP contribution in [0.3, 0.4) is 0 Å². The van der Waals surface area contributed by atoms with Crippen LogP contribution in [-0.4, -0.2) is 31.1 Å². The maximum Gasteiger partial charge on any atom is 0.341 e. The number of methoxy groups -OCH3 is 2. The molecular weight excluding hydrogens is 272 g/mol. The van der Waals surface area contributed by atoms with E-state index < -0.39 is 5.97 Å². The highest BCUT2D eigenvalue weighted by molar-refractivity contribution is 6.08.